The zero-order valence-electron chi connectivity index (χ0n) is 35.2. The van der Waals surface area contributed by atoms with Crippen molar-refractivity contribution in [3.63, 3.8) is 0 Å². The number of para-hydroxylation sites is 2. The number of hydrogen-bond donors (Lipinski definition) is 0. The van der Waals surface area contributed by atoms with Crippen LogP contribution in [0.25, 0.3) is 0 Å². The quantitative estimate of drug-likeness (QED) is 0.121. The van der Waals surface area contributed by atoms with Crippen LogP contribution in [0.3, 0.4) is 0 Å². The Bertz CT molecular complexity index is 2640. The minimum Gasteiger partial charge on any atom is -0.493 e. The fraction of sp³-hybridized carbons (Fsp3) is 0.273. The van der Waals surface area contributed by atoms with Crippen LogP contribution in [-0.2, 0) is 26.0 Å². The molecular formula is C44H41N5O7. The van der Waals surface area contributed by atoms with Gasteiger partial charge in [0.2, 0.25) is 0 Å². The molecule has 2 amide bonds. The van der Waals surface area contributed by atoms with Crippen LogP contribution in [-0.4, -0.2) is 63.1 Å². The molecule has 56 heavy (non-hydrogen) atoms. The van der Waals surface area contributed by atoms with Crippen LogP contribution in [0.15, 0.2) is 91.0 Å². The fourth-order valence-corrected chi connectivity index (χ4v) is 8.46. The Morgan fingerprint density at radius 3 is 1.73 bits per heavy atom. The number of non-ortho nitro benzene ring substituents is 1. The van der Waals surface area contributed by atoms with E-state index in [9.17, 15) is 19.7 Å². The molecule has 0 bridgehead atoms. The molecule has 0 aromatic heterocycles. The van der Waals surface area contributed by atoms with Gasteiger partial charge in [0.25, 0.3) is 17.5 Å². The Kier molecular flexibility index (Phi) is 7.48. The summed E-state index contributed by atoms with van der Waals surface area (Å²) in [4.78, 5) is 47.1. The van der Waals surface area contributed by atoms with E-state index in [1.54, 1.807) is 24.0 Å². The predicted octanol–water partition coefficient (Wildman–Crippen LogP) is 7.11. The number of hydrogen-bond acceptors (Lipinski definition) is 9. The number of aryl methyl sites for hydroxylation is 1. The third kappa shape index (κ3) is 5.92. The molecule has 0 unspecified atom stereocenters. The first-order valence-corrected chi connectivity index (χ1v) is 18.3. The first kappa shape index (κ1) is 30.7. The number of nitro benzene ring substituents is 1. The topological polar surface area (TPSA) is 118 Å². The molecule has 0 spiro atoms. The predicted molar refractivity (Wildman–Crippen MR) is 214 cm³/mol. The Hall–Kier alpha value is -6.56. The zero-order valence-corrected chi connectivity index (χ0v) is 31.2. The number of anilines is 4. The van der Waals surface area contributed by atoms with Crippen LogP contribution in [0.4, 0.5) is 28.4 Å². The Morgan fingerprint density at radius 1 is 0.696 bits per heavy atom. The van der Waals surface area contributed by atoms with Gasteiger partial charge in [0, 0.05) is 62.8 Å². The molecule has 284 valence electrons. The van der Waals surface area contributed by atoms with Gasteiger partial charge in [-0.1, -0.05) is 36.4 Å². The van der Waals surface area contributed by atoms with E-state index in [1.165, 1.54) is 19.2 Å². The lowest BCUT2D eigenvalue weighted by atomic mass is 10.1. The maximum Gasteiger partial charge on any atom is 0.270 e. The van der Waals surface area contributed by atoms with Crippen molar-refractivity contribution in [2.24, 2.45) is 0 Å². The van der Waals surface area contributed by atoms with Crippen molar-refractivity contribution in [3.05, 3.63) is 140 Å². The van der Waals surface area contributed by atoms with E-state index < -0.39 is 23.7 Å². The SMILES string of the molecule is [2H]C([2H])(Oc1cc2c(cc1C)C(=O)N1c3ccccc3C[C@H]1CN2C)c1cc([N+](=O)[O-])cc(C([2H])([2H])Oc2cc3c(cc2OC)C(=O)N2c4ccccc4C[C@H]2CN3C)c1. The summed E-state index contributed by atoms with van der Waals surface area (Å²) < 4.78 is 53.8. The molecule has 4 heterocycles. The highest BCUT2D eigenvalue weighted by atomic mass is 16.6. The summed E-state index contributed by atoms with van der Waals surface area (Å²) in [5, 5.41) is 12.2. The molecule has 12 heteroatoms. The maximum absolute atomic E-state index is 14.1. The number of rotatable bonds is 8. The van der Waals surface area contributed by atoms with Gasteiger partial charge >= 0.3 is 0 Å². The number of carbonyl (C=O) groups excluding carboxylic acids is 2. The number of nitro groups is 1. The Labute approximate surface area is 330 Å². The molecule has 0 N–H and O–H groups in total. The smallest absolute Gasteiger partial charge is 0.270 e. The van der Waals surface area contributed by atoms with Gasteiger partial charge in [-0.15, -0.1) is 0 Å². The molecule has 4 aliphatic rings. The summed E-state index contributed by atoms with van der Waals surface area (Å²) in [5.74, 6) is -0.328. The van der Waals surface area contributed by atoms with Crippen molar-refractivity contribution < 1.29 is 34.2 Å². The van der Waals surface area contributed by atoms with Crippen LogP contribution in [0.1, 0.15) is 54.0 Å². The summed E-state index contributed by atoms with van der Waals surface area (Å²) in [7, 11) is 5.06. The maximum atomic E-state index is 14.1. The standard InChI is InChI=1S/C44H41N5O7/c1-26-13-34-38(45(2)22-32-17-29-9-5-7-11-36(29)47(32)43(34)50)20-40(26)55-24-27-14-28(16-31(15-27)49(52)53)25-56-42-21-39-35(19-41(42)54-4)44(51)48-33(23-46(39)3)18-30-10-6-8-12-37(30)48/h5-16,19-21,32-33H,17-18,22-25H2,1-4H3/t32-,33-/m0/s1/i24D2,25D2. The van der Waals surface area contributed by atoms with E-state index in [4.69, 9.17) is 19.7 Å². The number of amides is 2. The lowest BCUT2D eigenvalue weighted by Gasteiger charge is -2.25. The Morgan fingerprint density at radius 2 is 1.20 bits per heavy atom. The van der Waals surface area contributed by atoms with Gasteiger partial charge < -0.3 is 33.8 Å². The monoisotopic (exact) mass is 755 g/mol. The zero-order chi connectivity index (χ0) is 42.4. The molecule has 9 rings (SSSR count). The number of carbonyl (C=O) groups is 2. The van der Waals surface area contributed by atoms with Crippen LogP contribution in [0.5, 0.6) is 17.2 Å². The second-order valence-electron chi connectivity index (χ2n) is 14.7. The summed E-state index contributed by atoms with van der Waals surface area (Å²) >= 11 is 0. The van der Waals surface area contributed by atoms with E-state index in [0.717, 1.165) is 40.7 Å². The fourth-order valence-electron chi connectivity index (χ4n) is 8.46. The van der Waals surface area contributed by atoms with Crippen molar-refractivity contribution in [2.75, 3.05) is 53.9 Å². The minimum atomic E-state index is -2.78. The van der Waals surface area contributed by atoms with Gasteiger partial charge in [-0.3, -0.25) is 19.7 Å². The number of benzene rings is 5. The van der Waals surface area contributed by atoms with Gasteiger partial charge in [-0.05, 0) is 77.9 Å². The second-order valence-corrected chi connectivity index (χ2v) is 14.7. The minimum absolute atomic E-state index is 0.0568. The van der Waals surface area contributed by atoms with Crippen molar-refractivity contribution in [1.82, 2.24) is 0 Å². The third-order valence-electron chi connectivity index (χ3n) is 11.1. The highest BCUT2D eigenvalue weighted by Gasteiger charge is 2.40. The van der Waals surface area contributed by atoms with Crippen molar-refractivity contribution in [2.45, 2.75) is 45.0 Å². The molecule has 4 aliphatic heterocycles. The summed E-state index contributed by atoms with van der Waals surface area (Å²) in [6.07, 6.45) is 1.37. The van der Waals surface area contributed by atoms with E-state index in [1.807, 2.05) is 77.3 Å². The number of nitrogens with zero attached hydrogens (tertiary/aromatic N) is 5. The van der Waals surface area contributed by atoms with E-state index in [-0.39, 0.29) is 52.3 Å². The summed E-state index contributed by atoms with van der Waals surface area (Å²) in [6.45, 7) is -2.81. The molecule has 5 aromatic carbocycles. The van der Waals surface area contributed by atoms with Crippen molar-refractivity contribution >= 4 is 40.3 Å². The van der Waals surface area contributed by atoms with Crippen molar-refractivity contribution in [1.29, 1.82) is 0 Å². The second kappa shape index (κ2) is 13.6. The number of methoxy groups -OCH3 is 1. The molecule has 5 aromatic rings. The lowest BCUT2D eigenvalue weighted by molar-refractivity contribution is -0.385. The van der Waals surface area contributed by atoms with Gasteiger partial charge in [0.15, 0.2) is 11.5 Å². The molecule has 0 radical (unpaired) electrons. The number of fused-ring (bicyclic) bond motifs is 8. The average Bonchev–Trinajstić information content (AvgIpc) is 3.72. The van der Waals surface area contributed by atoms with Crippen molar-refractivity contribution in [3.8, 4) is 17.2 Å². The summed E-state index contributed by atoms with van der Waals surface area (Å²) in [5.41, 5.74) is 4.82. The normalized spacial score (nSPS) is 19.5. The van der Waals surface area contributed by atoms with Crippen LogP contribution in [0, 0.1) is 17.0 Å². The number of ether oxygens (including phenoxy) is 3. The first-order chi connectivity index (χ1) is 28.5. The average molecular weight is 756 g/mol. The van der Waals surface area contributed by atoms with E-state index in [2.05, 4.69) is 0 Å². The molecule has 0 saturated heterocycles. The molecule has 0 aliphatic carbocycles. The van der Waals surface area contributed by atoms with E-state index in [0.29, 0.717) is 54.0 Å². The van der Waals surface area contributed by atoms with Crippen LogP contribution in [0.2, 0.25) is 0 Å². The molecule has 2 atom stereocenters. The Balaban J connectivity index is 1.03. The highest BCUT2D eigenvalue weighted by molar-refractivity contribution is 6.13. The first-order valence-electron chi connectivity index (χ1n) is 20.3. The van der Waals surface area contributed by atoms with Crippen LogP contribution >= 0.6 is 0 Å². The van der Waals surface area contributed by atoms with Gasteiger partial charge in [-0.25, -0.2) is 0 Å². The highest BCUT2D eigenvalue weighted by Crippen LogP contribution is 2.43. The lowest BCUT2D eigenvalue weighted by Crippen LogP contribution is -2.41. The van der Waals surface area contributed by atoms with E-state index >= 15 is 0 Å². The molecule has 0 saturated carbocycles. The van der Waals surface area contributed by atoms with Crippen LogP contribution < -0.4 is 33.8 Å². The molecule has 0 fully saturated rings. The summed E-state index contributed by atoms with van der Waals surface area (Å²) in [6, 6.07) is 24.7. The third-order valence-corrected chi connectivity index (χ3v) is 11.1. The van der Waals surface area contributed by atoms with Gasteiger partial charge in [-0.2, -0.15) is 0 Å². The van der Waals surface area contributed by atoms with Gasteiger partial charge in [0.05, 0.1) is 52.1 Å². The number of likely N-dealkylation sites (N-methyl/N-ethyl adjacent to an activating group) is 2. The molecule has 12 nitrogen and oxygen atoms in total. The largest absolute Gasteiger partial charge is 0.493 e. The van der Waals surface area contributed by atoms with Gasteiger partial charge in [0.1, 0.15) is 18.9 Å². The molecular weight excluding hydrogens is 711 g/mol.